The minimum absolute atomic E-state index is 0.0948. The van der Waals surface area contributed by atoms with Gasteiger partial charge in [-0.3, -0.25) is 0 Å². The molecule has 0 aliphatic rings. The zero-order valence-electron chi connectivity index (χ0n) is 11.0. The van der Waals surface area contributed by atoms with Crippen LogP contribution in [-0.4, -0.2) is 13.4 Å². The van der Waals surface area contributed by atoms with Crippen LogP contribution in [0.25, 0.3) is 0 Å². The molecule has 20 heavy (non-hydrogen) atoms. The molecule has 1 atom stereocenters. The number of aryl methyl sites for hydroxylation is 1. The molecule has 2 aromatic heterocycles. The lowest BCUT2D eigenvalue weighted by atomic mass is 10.3. The molecular weight excluding hydrogens is 294 g/mol. The van der Waals surface area contributed by atoms with Crippen LogP contribution in [0.2, 0.25) is 0 Å². The van der Waals surface area contributed by atoms with Crippen LogP contribution in [0, 0.1) is 18.3 Å². The first-order valence-electron chi connectivity index (χ1n) is 5.88. The van der Waals surface area contributed by atoms with Crippen molar-refractivity contribution < 1.29 is 8.42 Å². The smallest absolute Gasteiger partial charge is 0.244 e. The maximum atomic E-state index is 12.3. The molecule has 1 N–H and O–H groups in total. The van der Waals surface area contributed by atoms with Gasteiger partial charge in [0.15, 0.2) is 5.69 Å². The monoisotopic (exact) mass is 307 g/mol. The van der Waals surface area contributed by atoms with Gasteiger partial charge >= 0.3 is 0 Å². The molecule has 0 saturated heterocycles. The molecule has 0 radical (unpaired) electrons. The Morgan fingerprint density at radius 1 is 1.40 bits per heavy atom. The Hall–Kier alpha value is -1.75. The van der Waals surface area contributed by atoms with E-state index in [0.717, 1.165) is 9.75 Å². The molecule has 2 aromatic rings. The van der Waals surface area contributed by atoms with E-state index >= 15 is 0 Å². The van der Waals surface area contributed by atoms with Crippen molar-refractivity contribution in [1.29, 1.82) is 5.26 Å². The summed E-state index contributed by atoms with van der Waals surface area (Å²) in [7, 11) is -3.77. The van der Waals surface area contributed by atoms with Gasteiger partial charge in [0.1, 0.15) is 11.0 Å². The van der Waals surface area contributed by atoms with Crippen molar-refractivity contribution in [1.82, 2.24) is 9.71 Å². The Bertz CT molecular complexity index is 760. The summed E-state index contributed by atoms with van der Waals surface area (Å²) in [6.45, 7) is 3.73. The van der Waals surface area contributed by atoms with Gasteiger partial charge < -0.3 is 0 Å². The number of aromatic nitrogens is 1. The number of hydrogen-bond acceptors (Lipinski definition) is 5. The summed E-state index contributed by atoms with van der Waals surface area (Å²) in [5.41, 5.74) is -0.102. The number of nitrogens with one attached hydrogen (secondary N) is 1. The maximum absolute atomic E-state index is 12.3. The normalized spacial score (nSPS) is 12.8. The van der Waals surface area contributed by atoms with E-state index in [-0.39, 0.29) is 16.6 Å². The van der Waals surface area contributed by atoms with Crippen molar-refractivity contribution in [2.75, 3.05) is 0 Å². The maximum Gasteiger partial charge on any atom is 0.244 e. The van der Waals surface area contributed by atoms with Crippen molar-refractivity contribution in [2.24, 2.45) is 0 Å². The van der Waals surface area contributed by atoms with Crippen LogP contribution in [0.1, 0.15) is 28.4 Å². The number of nitriles is 1. The lowest BCUT2D eigenvalue weighted by Crippen LogP contribution is -2.27. The predicted molar refractivity (Wildman–Crippen MR) is 76.7 cm³/mol. The van der Waals surface area contributed by atoms with Crippen molar-refractivity contribution in [2.45, 2.75) is 24.8 Å². The summed E-state index contributed by atoms with van der Waals surface area (Å²) in [6, 6.07) is 8.14. The summed E-state index contributed by atoms with van der Waals surface area (Å²) in [4.78, 5) is 5.72. The second kappa shape index (κ2) is 5.71. The Morgan fingerprint density at radius 3 is 2.75 bits per heavy atom. The van der Waals surface area contributed by atoms with Crippen LogP contribution >= 0.6 is 11.3 Å². The summed E-state index contributed by atoms with van der Waals surface area (Å²) in [5, 5.41) is 8.93. The molecule has 0 amide bonds. The van der Waals surface area contributed by atoms with Crippen LogP contribution in [0.15, 0.2) is 35.4 Å². The van der Waals surface area contributed by atoms with E-state index < -0.39 is 10.0 Å². The first-order chi connectivity index (χ1) is 9.44. The molecule has 1 unspecified atom stereocenters. The molecule has 0 spiro atoms. The highest BCUT2D eigenvalue weighted by Gasteiger charge is 2.22. The second-order valence-electron chi connectivity index (χ2n) is 4.25. The zero-order chi connectivity index (χ0) is 14.8. The first-order valence-corrected chi connectivity index (χ1v) is 8.18. The third-order valence-electron chi connectivity index (χ3n) is 2.69. The highest BCUT2D eigenvalue weighted by molar-refractivity contribution is 7.89. The predicted octanol–water partition coefficient (Wildman–Crippen LogP) is 2.36. The van der Waals surface area contributed by atoms with E-state index in [1.807, 2.05) is 19.1 Å². The molecular formula is C13H13N3O2S2. The number of hydrogen-bond donors (Lipinski definition) is 1. The number of thiophene rings is 1. The van der Waals surface area contributed by atoms with Gasteiger partial charge in [0.2, 0.25) is 10.0 Å². The van der Waals surface area contributed by atoms with Gasteiger partial charge in [-0.2, -0.15) is 5.26 Å². The van der Waals surface area contributed by atoms with Crippen LogP contribution < -0.4 is 4.72 Å². The molecule has 0 saturated carbocycles. The second-order valence-corrected chi connectivity index (χ2v) is 7.26. The molecule has 2 rings (SSSR count). The summed E-state index contributed by atoms with van der Waals surface area (Å²) in [6.07, 6.45) is 1.39. The van der Waals surface area contributed by atoms with Gasteiger partial charge in [-0.25, -0.2) is 18.1 Å². The number of rotatable bonds is 4. The summed E-state index contributed by atoms with van der Waals surface area (Å²) >= 11 is 1.53. The minimum atomic E-state index is -3.77. The summed E-state index contributed by atoms with van der Waals surface area (Å²) < 4.78 is 27.2. The fourth-order valence-corrected chi connectivity index (χ4v) is 4.02. The van der Waals surface area contributed by atoms with E-state index in [4.69, 9.17) is 5.26 Å². The molecule has 7 heteroatoms. The highest BCUT2D eigenvalue weighted by atomic mass is 32.2. The quantitative estimate of drug-likeness (QED) is 0.940. The molecule has 104 valence electrons. The van der Waals surface area contributed by atoms with E-state index in [2.05, 4.69) is 9.71 Å². The molecule has 0 bridgehead atoms. The van der Waals surface area contributed by atoms with Gasteiger partial charge in [0.25, 0.3) is 0 Å². The van der Waals surface area contributed by atoms with Crippen LogP contribution in [0.5, 0.6) is 0 Å². The fourth-order valence-electron chi connectivity index (χ4n) is 1.73. The average Bonchev–Trinajstić information content (AvgIpc) is 2.85. The van der Waals surface area contributed by atoms with E-state index in [0.29, 0.717) is 0 Å². The standard InChI is InChI=1S/C13H13N3O2S2/c1-9-5-6-12(19-9)10(2)16-20(17,18)13-4-3-7-15-11(13)8-14/h3-7,10,16H,1-2H3. The number of sulfonamides is 1. The van der Waals surface area contributed by atoms with Crippen LogP contribution in [0.4, 0.5) is 0 Å². The SMILES string of the molecule is Cc1ccc(C(C)NS(=O)(=O)c2cccnc2C#N)s1. The lowest BCUT2D eigenvalue weighted by Gasteiger charge is -2.13. The number of nitrogens with zero attached hydrogens (tertiary/aromatic N) is 2. The van der Waals surface area contributed by atoms with Gasteiger partial charge in [0, 0.05) is 16.0 Å². The van der Waals surface area contributed by atoms with Crippen molar-refractivity contribution in [3.05, 3.63) is 45.9 Å². The Morgan fingerprint density at radius 2 is 2.15 bits per heavy atom. The zero-order valence-corrected chi connectivity index (χ0v) is 12.6. The van der Waals surface area contributed by atoms with E-state index in [9.17, 15) is 8.42 Å². The Kier molecular flexibility index (Phi) is 4.18. The van der Waals surface area contributed by atoms with Gasteiger partial charge in [-0.05, 0) is 38.1 Å². The molecule has 0 aliphatic carbocycles. The molecule has 0 aliphatic heterocycles. The van der Waals surface area contributed by atoms with E-state index in [1.54, 1.807) is 13.0 Å². The van der Waals surface area contributed by atoms with Gasteiger partial charge in [-0.15, -0.1) is 11.3 Å². The largest absolute Gasteiger partial charge is 0.244 e. The van der Waals surface area contributed by atoms with Crippen molar-refractivity contribution >= 4 is 21.4 Å². The van der Waals surface area contributed by atoms with Gasteiger partial charge in [-0.1, -0.05) is 0 Å². The number of pyridine rings is 1. The molecule has 2 heterocycles. The topological polar surface area (TPSA) is 82.8 Å². The molecule has 0 fully saturated rings. The first kappa shape index (κ1) is 14.7. The molecule has 0 aromatic carbocycles. The lowest BCUT2D eigenvalue weighted by molar-refractivity contribution is 0.568. The Labute approximate surface area is 122 Å². The van der Waals surface area contributed by atoms with E-state index in [1.165, 1.54) is 29.7 Å². The van der Waals surface area contributed by atoms with Crippen molar-refractivity contribution in [3.63, 3.8) is 0 Å². The highest BCUT2D eigenvalue weighted by Crippen LogP contribution is 2.24. The minimum Gasteiger partial charge on any atom is -0.244 e. The fraction of sp³-hybridized carbons (Fsp3) is 0.231. The van der Waals surface area contributed by atoms with Gasteiger partial charge in [0.05, 0.1) is 6.04 Å². The van der Waals surface area contributed by atoms with Crippen LogP contribution in [-0.2, 0) is 10.0 Å². The molecule has 5 nitrogen and oxygen atoms in total. The average molecular weight is 307 g/mol. The summed E-state index contributed by atoms with van der Waals surface area (Å²) in [5.74, 6) is 0. The van der Waals surface area contributed by atoms with Crippen molar-refractivity contribution in [3.8, 4) is 6.07 Å². The third kappa shape index (κ3) is 3.04. The Balaban J connectivity index is 2.30. The third-order valence-corrected chi connectivity index (χ3v) is 5.44. The van der Waals surface area contributed by atoms with Crippen LogP contribution in [0.3, 0.4) is 0 Å².